The minimum Gasteiger partial charge on any atom is -0.383 e. The largest absolute Gasteiger partial charge is 0.383 e. The van der Waals surface area contributed by atoms with E-state index in [0.29, 0.717) is 13.2 Å². The van der Waals surface area contributed by atoms with E-state index in [1.807, 2.05) is 0 Å². The SMILES string of the molecule is COCCN1CCC[C@@H](NC(=O)C(=O)Nc2cc(F)ccc2F)C1. The molecule has 132 valence electrons. The zero-order valence-corrected chi connectivity index (χ0v) is 13.5. The highest BCUT2D eigenvalue weighted by molar-refractivity contribution is 6.39. The monoisotopic (exact) mass is 341 g/mol. The van der Waals surface area contributed by atoms with Crippen LogP contribution >= 0.6 is 0 Å². The fourth-order valence-corrected chi connectivity index (χ4v) is 2.62. The fourth-order valence-electron chi connectivity index (χ4n) is 2.62. The second-order valence-electron chi connectivity index (χ2n) is 5.68. The smallest absolute Gasteiger partial charge is 0.313 e. The Morgan fingerprint density at radius 3 is 2.88 bits per heavy atom. The maximum atomic E-state index is 13.5. The second kappa shape index (κ2) is 8.70. The fraction of sp³-hybridized carbons (Fsp3) is 0.500. The molecule has 1 saturated heterocycles. The number of nitrogens with zero attached hydrogens (tertiary/aromatic N) is 1. The number of hydrogen-bond donors (Lipinski definition) is 2. The third-order valence-electron chi connectivity index (χ3n) is 3.84. The van der Waals surface area contributed by atoms with E-state index in [-0.39, 0.29) is 11.7 Å². The van der Waals surface area contributed by atoms with Gasteiger partial charge in [0.15, 0.2) is 0 Å². The Bertz CT molecular complexity index is 598. The molecule has 6 nitrogen and oxygen atoms in total. The van der Waals surface area contributed by atoms with E-state index < -0.39 is 23.4 Å². The molecule has 0 radical (unpaired) electrons. The summed E-state index contributed by atoms with van der Waals surface area (Å²) in [6.45, 7) is 2.89. The lowest BCUT2D eigenvalue weighted by molar-refractivity contribution is -0.136. The first kappa shape index (κ1) is 18.3. The van der Waals surface area contributed by atoms with Crippen LogP contribution < -0.4 is 10.6 Å². The van der Waals surface area contributed by atoms with Crippen molar-refractivity contribution in [3.05, 3.63) is 29.8 Å². The minimum absolute atomic E-state index is 0.161. The topological polar surface area (TPSA) is 70.7 Å². The molecule has 2 N–H and O–H groups in total. The summed E-state index contributed by atoms with van der Waals surface area (Å²) in [5, 5.41) is 4.72. The lowest BCUT2D eigenvalue weighted by Gasteiger charge is -2.32. The van der Waals surface area contributed by atoms with Gasteiger partial charge in [-0.25, -0.2) is 8.78 Å². The van der Waals surface area contributed by atoms with Crippen molar-refractivity contribution in [1.82, 2.24) is 10.2 Å². The zero-order chi connectivity index (χ0) is 17.5. The maximum absolute atomic E-state index is 13.5. The van der Waals surface area contributed by atoms with Crippen LogP contribution in [0.1, 0.15) is 12.8 Å². The van der Waals surface area contributed by atoms with E-state index >= 15 is 0 Å². The number of hydrogen-bond acceptors (Lipinski definition) is 4. The van der Waals surface area contributed by atoms with Crippen LogP contribution in [0.5, 0.6) is 0 Å². The average molecular weight is 341 g/mol. The van der Waals surface area contributed by atoms with Crippen LogP contribution in [0.3, 0.4) is 0 Å². The van der Waals surface area contributed by atoms with Crippen LogP contribution in [0, 0.1) is 11.6 Å². The van der Waals surface area contributed by atoms with Crippen LogP contribution in [-0.2, 0) is 14.3 Å². The van der Waals surface area contributed by atoms with Crippen molar-refractivity contribution in [3.8, 4) is 0 Å². The Hall–Kier alpha value is -2.06. The minimum atomic E-state index is -1.02. The van der Waals surface area contributed by atoms with Gasteiger partial charge in [0, 0.05) is 32.3 Å². The van der Waals surface area contributed by atoms with E-state index in [1.165, 1.54) is 0 Å². The average Bonchev–Trinajstić information content (AvgIpc) is 2.56. The predicted molar refractivity (Wildman–Crippen MR) is 84.5 cm³/mol. The Morgan fingerprint density at radius 2 is 2.12 bits per heavy atom. The molecule has 8 heteroatoms. The molecule has 0 aliphatic carbocycles. The number of benzene rings is 1. The normalized spacial score (nSPS) is 18.2. The molecule has 1 aliphatic rings. The molecule has 1 aromatic rings. The van der Waals surface area contributed by atoms with Gasteiger partial charge in [0.25, 0.3) is 0 Å². The number of carbonyl (C=O) groups is 2. The van der Waals surface area contributed by atoms with Crippen molar-refractivity contribution in [1.29, 1.82) is 0 Å². The van der Waals surface area contributed by atoms with E-state index in [9.17, 15) is 18.4 Å². The van der Waals surface area contributed by atoms with E-state index in [0.717, 1.165) is 44.1 Å². The molecule has 0 saturated carbocycles. The summed E-state index contributed by atoms with van der Waals surface area (Å²) in [5.74, 6) is -3.39. The van der Waals surface area contributed by atoms with Gasteiger partial charge >= 0.3 is 11.8 Å². The first-order valence-corrected chi connectivity index (χ1v) is 7.78. The molecular formula is C16H21F2N3O3. The van der Waals surface area contributed by atoms with Crippen LogP contribution in [-0.4, -0.2) is 56.1 Å². The standard InChI is InChI=1S/C16H21F2N3O3/c1-24-8-7-21-6-2-3-12(10-21)19-15(22)16(23)20-14-9-11(17)4-5-13(14)18/h4-5,9,12H,2-3,6-8,10H2,1H3,(H,19,22)(H,20,23)/t12-/m1/s1. The van der Waals surface area contributed by atoms with Crippen molar-refractivity contribution in [2.45, 2.75) is 18.9 Å². The van der Waals surface area contributed by atoms with Gasteiger partial charge in [-0.2, -0.15) is 0 Å². The molecule has 1 atom stereocenters. The molecule has 1 aliphatic heterocycles. The quantitative estimate of drug-likeness (QED) is 0.788. The molecule has 24 heavy (non-hydrogen) atoms. The summed E-state index contributed by atoms with van der Waals surface area (Å²) in [4.78, 5) is 25.9. The molecular weight excluding hydrogens is 320 g/mol. The summed E-state index contributed by atoms with van der Waals surface area (Å²) in [5.41, 5.74) is -0.361. The summed E-state index contributed by atoms with van der Waals surface area (Å²) < 4.78 is 31.6. The number of likely N-dealkylation sites (tertiary alicyclic amines) is 1. The highest BCUT2D eigenvalue weighted by Crippen LogP contribution is 2.15. The highest BCUT2D eigenvalue weighted by Gasteiger charge is 2.24. The van der Waals surface area contributed by atoms with Crippen LogP contribution in [0.2, 0.25) is 0 Å². The molecule has 0 spiro atoms. The van der Waals surface area contributed by atoms with Crippen LogP contribution in [0.15, 0.2) is 18.2 Å². The van der Waals surface area contributed by atoms with Crippen molar-refractivity contribution < 1.29 is 23.1 Å². The Kier molecular flexibility index (Phi) is 6.62. The lowest BCUT2D eigenvalue weighted by atomic mass is 10.1. The van der Waals surface area contributed by atoms with Gasteiger partial charge in [-0.1, -0.05) is 0 Å². The van der Waals surface area contributed by atoms with Crippen molar-refractivity contribution in [2.75, 3.05) is 38.7 Å². The zero-order valence-electron chi connectivity index (χ0n) is 13.5. The number of amides is 2. The van der Waals surface area contributed by atoms with Gasteiger partial charge in [-0.05, 0) is 31.5 Å². The van der Waals surface area contributed by atoms with Gasteiger partial charge in [-0.3, -0.25) is 14.5 Å². The molecule has 2 amide bonds. The van der Waals surface area contributed by atoms with E-state index in [4.69, 9.17) is 4.74 Å². The number of carbonyl (C=O) groups excluding carboxylic acids is 2. The van der Waals surface area contributed by atoms with Gasteiger partial charge in [-0.15, -0.1) is 0 Å². The molecule has 0 unspecified atom stereocenters. The summed E-state index contributed by atoms with van der Waals surface area (Å²) in [6.07, 6.45) is 1.66. The van der Waals surface area contributed by atoms with E-state index in [1.54, 1.807) is 7.11 Å². The number of piperidine rings is 1. The van der Waals surface area contributed by atoms with Crippen molar-refractivity contribution in [2.24, 2.45) is 0 Å². The second-order valence-corrected chi connectivity index (χ2v) is 5.68. The van der Waals surface area contributed by atoms with Gasteiger partial charge in [0.1, 0.15) is 11.6 Å². The Balaban J connectivity index is 1.87. The number of halogens is 2. The molecule has 0 aromatic heterocycles. The lowest BCUT2D eigenvalue weighted by Crippen LogP contribution is -2.50. The number of anilines is 1. The number of nitrogens with one attached hydrogen (secondary N) is 2. The summed E-state index contributed by atoms with van der Waals surface area (Å²) in [6, 6.07) is 2.48. The van der Waals surface area contributed by atoms with Crippen molar-refractivity contribution >= 4 is 17.5 Å². The number of ether oxygens (including phenoxy) is 1. The van der Waals surface area contributed by atoms with Gasteiger partial charge < -0.3 is 15.4 Å². The van der Waals surface area contributed by atoms with E-state index in [2.05, 4.69) is 15.5 Å². The summed E-state index contributed by atoms with van der Waals surface area (Å²) in [7, 11) is 1.62. The molecule has 2 rings (SSSR count). The third kappa shape index (κ3) is 5.24. The Labute approximate surface area is 139 Å². The molecule has 0 bridgehead atoms. The molecule has 1 heterocycles. The number of methoxy groups -OCH3 is 1. The first-order valence-electron chi connectivity index (χ1n) is 7.78. The van der Waals surface area contributed by atoms with Gasteiger partial charge in [0.2, 0.25) is 0 Å². The number of rotatable bonds is 5. The predicted octanol–water partition coefficient (Wildman–Crippen LogP) is 1.13. The molecule has 1 fully saturated rings. The Morgan fingerprint density at radius 1 is 1.33 bits per heavy atom. The van der Waals surface area contributed by atoms with Crippen LogP contribution in [0.4, 0.5) is 14.5 Å². The highest BCUT2D eigenvalue weighted by atomic mass is 19.1. The van der Waals surface area contributed by atoms with Gasteiger partial charge in [0.05, 0.1) is 12.3 Å². The maximum Gasteiger partial charge on any atom is 0.313 e. The molecule has 1 aromatic carbocycles. The third-order valence-corrected chi connectivity index (χ3v) is 3.84. The van der Waals surface area contributed by atoms with Crippen LogP contribution in [0.25, 0.3) is 0 Å². The first-order chi connectivity index (χ1) is 11.5. The summed E-state index contributed by atoms with van der Waals surface area (Å²) >= 11 is 0. The van der Waals surface area contributed by atoms with Crippen molar-refractivity contribution in [3.63, 3.8) is 0 Å².